The van der Waals surface area contributed by atoms with E-state index < -0.39 is 0 Å². The number of ether oxygens (including phenoxy) is 1. The lowest BCUT2D eigenvalue weighted by Crippen LogP contribution is -2.44. The quantitative estimate of drug-likeness (QED) is 0.860. The van der Waals surface area contributed by atoms with Crippen molar-refractivity contribution in [3.8, 4) is 0 Å². The number of hydrogen-bond donors (Lipinski definition) is 1. The van der Waals surface area contributed by atoms with Gasteiger partial charge in [-0.05, 0) is 20.8 Å². The van der Waals surface area contributed by atoms with Gasteiger partial charge in [-0.15, -0.1) is 0 Å². The maximum absolute atomic E-state index is 5.45. The van der Waals surface area contributed by atoms with Crippen molar-refractivity contribution in [3.05, 3.63) is 11.9 Å². The van der Waals surface area contributed by atoms with Crippen molar-refractivity contribution in [3.63, 3.8) is 0 Å². The number of nitrogens with one attached hydrogen (secondary N) is 1. The zero-order valence-corrected chi connectivity index (χ0v) is 10.7. The molecule has 2 rings (SSSR count). The summed E-state index contributed by atoms with van der Waals surface area (Å²) in [6, 6.07) is 0.367. The number of anilines is 2. The third kappa shape index (κ3) is 2.49. The average molecular weight is 236 g/mol. The predicted molar refractivity (Wildman–Crippen MR) is 68.6 cm³/mol. The molecular weight excluding hydrogens is 216 g/mol. The van der Waals surface area contributed by atoms with Gasteiger partial charge in [-0.1, -0.05) is 0 Å². The monoisotopic (exact) mass is 236 g/mol. The minimum Gasteiger partial charge on any atom is -0.377 e. The SMILES string of the molecule is CCNc1ncnc(N2CCOCC2C)c1C. The molecule has 0 radical (unpaired) electrons. The predicted octanol–water partition coefficient (Wildman–Crippen LogP) is 1.44. The van der Waals surface area contributed by atoms with Crippen LogP contribution in [0.25, 0.3) is 0 Å². The standard InChI is InChI=1S/C12H20N4O/c1-4-13-11-10(3)12(15-8-14-11)16-5-6-17-7-9(16)2/h8-9H,4-7H2,1-3H3,(H,13,14,15). The number of aromatic nitrogens is 2. The fourth-order valence-electron chi connectivity index (χ4n) is 2.12. The van der Waals surface area contributed by atoms with Gasteiger partial charge in [0.1, 0.15) is 18.0 Å². The highest BCUT2D eigenvalue weighted by atomic mass is 16.5. The third-order valence-electron chi connectivity index (χ3n) is 3.04. The maximum Gasteiger partial charge on any atom is 0.137 e. The number of hydrogen-bond acceptors (Lipinski definition) is 5. The first kappa shape index (κ1) is 12.1. The van der Waals surface area contributed by atoms with E-state index in [4.69, 9.17) is 4.74 Å². The Labute approximate surface area is 102 Å². The van der Waals surface area contributed by atoms with E-state index in [1.807, 2.05) is 0 Å². The lowest BCUT2D eigenvalue weighted by molar-refractivity contribution is 0.0984. The number of rotatable bonds is 3. The van der Waals surface area contributed by atoms with E-state index in [0.29, 0.717) is 6.04 Å². The Morgan fingerprint density at radius 3 is 3.06 bits per heavy atom. The smallest absolute Gasteiger partial charge is 0.137 e. The molecular formula is C12H20N4O. The molecule has 0 aromatic carbocycles. The number of nitrogens with zero attached hydrogens (tertiary/aromatic N) is 3. The zero-order chi connectivity index (χ0) is 12.3. The molecule has 1 unspecified atom stereocenters. The second-order valence-electron chi connectivity index (χ2n) is 4.32. The molecule has 1 aliphatic rings. The fourth-order valence-corrected chi connectivity index (χ4v) is 2.12. The molecule has 1 saturated heterocycles. The van der Waals surface area contributed by atoms with Gasteiger partial charge in [0.2, 0.25) is 0 Å². The average Bonchev–Trinajstić information content (AvgIpc) is 2.33. The second kappa shape index (κ2) is 5.31. The summed E-state index contributed by atoms with van der Waals surface area (Å²) >= 11 is 0. The van der Waals surface area contributed by atoms with E-state index in [0.717, 1.165) is 43.5 Å². The Hall–Kier alpha value is -1.36. The van der Waals surface area contributed by atoms with Gasteiger partial charge in [0.05, 0.1) is 19.3 Å². The summed E-state index contributed by atoms with van der Waals surface area (Å²) in [6.45, 7) is 9.59. The molecule has 1 aromatic rings. The molecule has 5 nitrogen and oxygen atoms in total. The summed E-state index contributed by atoms with van der Waals surface area (Å²) in [5.74, 6) is 1.95. The van der Waals surface area contributed by atoms with Crippen LogP contribution in [0.15, 0.2) is 6.33 Å². The summed E-state index contributed by atoms with van der Waals surface area (Å²) in [5, 5.41) is 3.26. The van der Waals surface area contributed by atoms with Crippen molar-refractivity contribution in [2.75, 3.05) is 36.5 Å². The third-order valence-corrected chi connectivity index (χ3v) is 3.04. The molecule has 0 bridgehead atoms. The van der Waals surface area contributed by atoms with Gasteiger partial charge in [0.25, 0.3) is 0 Å². The maximum atomic E-state index is 5.45. The molecule has 0 spiro atoms. The van der Waals surface area contributed by atoms with Crippen LogP contribution in [-0.4, -0.2) is 42.3 Å². The zero-order valence-electron chi connectivity index (χ0n) is 10.7. The van der Waals surface area contributed by atoms with E-state index in [1.54, 1.807) is 6.33 Å². The molecule has 5 heteroatoms. The molecule has 1 aromatic heterocycles. The molecule has 17 heavy (non-hydrogen) atoms. The number of morpholine rings is 1. The first-order valence-electron chi connectivity index (χ1n) is 6.14. The van der Waals surface area contributed by atoms with E-state index in [1.165, 1.54) is 0 Å². The summed E-state index contributed by atoms with van der Waals surface area (Å²) in [5.41, 5.74) is 1.11. The van der Waals surface area contributed by atoms with Gasteiger partial charge in [0.15, 0.2) is 0 Å². The topological polar surface area (TPSA) is 50.3 Å². The lowest BCUT2D eigenvalue weighted by atomic mass is 10.2. The minimum absolute atomic E-state index is 0.367. The second-order valence-corrected chi connectivity index (χ2v) is 4.32. The molecule has 2 heterocycles. The molecule has 0 amide bonds. The van der Waals surface area contributed by atoms with Crippen LogP contribution in [0.2, 0.25) is 0 Å². The Kier molecular flexibility index (Phi) is 3.78. The summed E-state index contributed by atoms with van der Waals surface area (Å²) < 4.78 is 5.45. The van der Waals surface area contributed by atoms with Crippen molar-refractivity contribution in [1.82, 2.24) is 9.97 Å². The highest BCUT2D eigenvalue weighted by molar-refractivity contribution is 5.58. The molecule has 0 aliphatic carbocycles. The van der Waals surface area contributed by atoms with E-state index in [2.05, 4.69) is 41.0 Å². The highest BCUT2D eigenvalue weighted by Gasteiger charge is 2.22. The van der Waals surface area contributed by atoms with Crippen LogP contribution in [0.5, 0.6) is 0 Å². The Balaban J connectivity index is 2.27. The van der Waals surface area contributed by atoms with Crippen molar-refractivity contribution < 1.29 is 4.74 Å². The van der Waals surface area contributed by atoms with Crippen LogP contribution in [-0.2, 0) is 4.74 Å². The molecule has 1 fully saturated rings. The molecule has 94 valence electrons. The Morgan fingerprint density at radius 2 is 2.35 bits per heavy atom. The van der Waals surface area contributed by atoms with Crippen molar-refractivity contribution >= 4 is 11.6 Å². The summed E-state index contributed by atoms with van der Waals surface area (Å²) in [4.78, 5) is 11.0. The van der Waals surface area contributed by atoms with Gasteiger partial charge < -0.3 is 15.0 Å². The van der Waals surface area contributed by atoms with Gasteiger partial charge in [-0.2, -0.15) is 0 Å². The molecule has 1 aliphatic heterocycles. The van der Waals surface area contributed by atoms with Gasteiger partial charge in [-0.3, -0.25) is 0 Å². The first-order valence-corrected chi connectivity index (χ1v) is 6.14. The first-order chi connectivity index (χ1) is 8.24. The molecule has 1 N–H and O–H groups in total. The van der Waals surface area contributed by atoms with Crippen molar-refractivity contribution in [2.45, 2.75) is 26.8 Å². The summed E-state index contributed by atoms with van der Waals surface area (Å²) in [7, 11) is 0. The van der Waals surface area contributed by atoms with Gasteiger partial charge in [0, 0.05) is 18.7 Å². The normalized spacial score (nSPS) is 20.4. The summed E-state index contributed by atoms with van der Waals surface area (Å²) in [6.07, 6.45) is 1.63. The van der Waals surface area contributed by atoms with Crippen LogP contribution in [0.4, 0.5) is 11.6 Å². The van der Waals surface area contributed by atoms with E-state index in [-0.39, 0.29) is 0 Å². The minimum atomic E-state index is 0.367. The van der Waals surface area contributed by atoms with E-state index in [9.17, 15) is 0 Å². The van der Waals surface area contributed by atoms with Gasteiger partial charge in [-0.25, -0.2) is 9.97 Å². The Morgan fingerprint density at radius 1 is 1.53 bits per heavy atom. The van der Waals surface area contributed by atoms with Gasteiger partial charge >= 0.3 is 0 Å². The van der Waals surface area contributed by atoms with Crippen LogP contribution in [0.3, 0.4) is 0 Å². The Bertz CT molecular complexity index is 383. The van der Waals surface area contributed by atoms with Crippen molar-refractivity contribution in [1.29, 1.82) is 0 Å². The highest BCUT2D eigenvalue weighted by Crippen LogP contribution is 2.24. The largest absolute Gasteiger partial charge is 0.377 e. The van der Waals surface area contributed by atoms with E-state index >= 15 is 0 Å². The lowest BCUT2D eigenvalue weighted by Gasteiger charge is -2.35. The molecule has 0 saturated carbocycles. The molecule has 1 atom stereocenters. The van der Waals surface area contributed by atoms with Crippen LogP contribution in [0, 0.1) is 6.92 Å². The fraction of sp³-hybridized carbons (Fsp3) is 0.667. The van der Waals surface area contributed by atoms with Crippen molar-refractivity contribution in [2.24, 2.45) is 0 Å². The van der Waals surface area contributed by atoms with Crippen LogP contribution < -0.4 is 10.2 Å². The van der Waals surface area contributed by atoms with Crippen LogP contribution in [0.1, 0.15) is 19.4 Å². The van der Waals surface area contributed by atoms with Crippen LogP contribution >= 0.6 is 0 Å².